The van der Waals surface area contributed by atoms with Gasteiger partial charge in [-0.25, -0.2) is 4.79 Å². The highest BCUT2D eigenvalue weighted by atomic mass is 16.2. The molecule has 0 atom stereocenters. The summed E-state index contributed by atoms with van der Waals surface area (Å²) in [4.78, 5) is 23.8. The molecule has 0 fully saturated rings. The van der Waals surface area contributed by atoms with Gasteiger partial charge in [-0.2, -0.15) is 9.78 Å². The first-order valence-corrected chi connectivity index (χ1v) is 3.96. The van der Waals surface area contributed by atoms with E-state index in [4.69, 9.17) is 0 Å². The van der Waals surface area contributed by atoms with Crippen molar-refractivity contribution in [3.05, 3.63) is 33.1 Å². The molecule has 0 spiro atoms. The molecule has 0 aliphatic rings. The Bertz CT molecular complexity index is 414. The van der Waals surface area contributed by atoms with Gasteiger partial charge in [0, 0.05) is 18.5 Å². The SMILES string of the molecule is CC(C)/C=N/n1ccc(=O)[nH]c1=O. The normalized spacial score (nSPS) is 11.3. The third kappa shape index (κ3) is 2.70. The molecule has 0 radical (unpaired) electrons. The van der Waals surface area contributed by atoms with Crippen LogP contribution in [0, 0.1) is 5.92 Å². The van der Waals surface area contributed by atoms with E-state index in [1.54, 1.807) is 6.21 Å². The Labute approximate surface area is 74.7 Å². The fourth-order valence-corrected chi connectivity index (χ4v) is 0.706. The lowest BCUT2D eigenvalue weighted by molar-refractivity contribution is 0.762. The summed E-state index contributed by atoms with van der Waals surface area (Å²) in [5.74, 6) is 0.263. The molecule has 0 saturated heterocycles. The number of aromatic amines is 1. The average molecular weight is 181 g/mol. The zero-order valence-corrected chi connectivity index (χ0v) is 7.52. The second-order valence-electron chi connectivity index (χ2n) is 2.96. The number of nitrogens with one attached hydrogen (secondary N) is 1. The maximum atomic E-state index is 11.0. The van der Waals surface area contributed by atoms with E-state index in [0.717, 1.165) is 4.68 Å². The second kappa shape index (κ2) is 3.84. The first-order valence-electron chi connectivity index (χ1n) is 3.96. The molecule has 0 amide bonds. The molecule has 1 aromatic heterocycles. The third-order valence-electron chi connectivity index (χ3n) is 1.29. The van der Waals surface area contributed by atoms with Crippen LogP contribution >= 0.6 is 0 Å². The molecule has 1 N–H and O–H groups in total. The summed E-state index contributed by atoms with van der Waals surface area (Å²) in [5.41, 5.74) is -0.939. The van der Waals surface area contributed by atoms with E-state index in [1.807, 2.05) is 13.8 Å². The molecule has 0 saturated carbocycles. The topological polar surface area (TPSA) is 67.2 Å². The van der Waals surface area contributed by atoms with Gasteiger partial charge in [0.1, 0.15) is 0 Å². The standard InChI is InChI=1S/C8H11N3O2/c1-6(2)5-9-11-4-3-7(12)10-8(11)13/h3-6H,1-2H3,(H,10,12,13)/b9-5+. The number of aromatic nitrogens is 2. The summed E-state index contributed by atoms with van der Waals surface area (Å²) >= 11 is 0. The Morgan fingerprint density at radius 1 is 1.54 bits per heavy atom. The average Bonchev–Trinajstić information content (AvgIpc) is 2.02. The molecule has 0 aliphatic carbocycles. The number of rotatable bonds is 2. The van der Waals surface area contributed by atoms with Gasteiger partial charge in [0.05, 0.1) is 0 Å². The molecule has 0 aliphatic heterocycles. The van der Waals surface area contributed by atoms with E-state index in [0.29, 0.717) is 0 Å². The number of hydrogen-bond donors (Lipinski definition) is 1. The number of hydrogen-bond acceptors (Lipinski definition) is 3. The number of nitrogens with zero attached hydrogens (tertiary/aromatic N) is 2. The van der Waals surface area contributed by atoms with E-state index < -0.39 is 11.2 Å². The van der Waals surface area contributed by atoms with E-state index >= 15 is 0 Å². The Balaban J connectivity index is 3.04. The molecule has 1 heterocycles. The van der Waals surface area contributed by atoms with Crippen LogP contribution in [0.15, 0.2) is 27.0 Å². The van der Waals surface area contributed by atoms with Crippen LogP contribution in [0.4, 0.5) is 0 Å². The minimum absolute atomic E-state index is 0.263. The predicted molar refractivity (Wildman–Crippen MR) is 50.1 cm³/mol. The van der Waals surface area contributed by atoms with Crippen molar-refractivity contribution in [2.24, 2.45) is 11.0 Å². The monoisotopic (exact) mass is 181 g/mol. The first kappa shape index (κ1) is 9.44. The van der Waals surface area contributed by atoms with Crippen molar-refractivity contribution < 1.29 is 0 Å². The maximum Gasteiger partial charge on any atom is 0.348 e. The summed E-state index contributed by atoms with van der Waals surface area (Å²) in [6.45, 7) is 3.89. The second-order valence-corrected chi connectivity index (χ2v) is 2.96. The quantitative estimate of drug-likeness (QED) is 0.654. The van der Waals surface area contributed by atoms with E-state index in [-0.39, 0.29) is 5.92 Å². The number of H-pyrrole nitrogens is 1. The smallest absolute Gasteiger partial charge is 0.272 e. The zero-order chi connectivity index (χ0) is 9.84. The largest absolute Gasteiger partial charge is 0.348 e. The van der Waals surface area contributed by atoms with Crippen LogP contribution in [0.25, 0.3) is 0 Å². The summed E-state index contributed by atoms with van der Waals surface area (Å²) in [7, 11) is 0. The first-order chi connectivity index (χ1) is 6.09. The zero-order valence-electron chi connectivity index (χ0n) is 7.52. The summed E-state index contributed by atoms with van der Waals surface area (Å²) < 4.78 is 1.08. The van der Waals surface area contributed by atoms with Crippen LogP contribution in [0.5, 0.6) is 0 Å². The van der Waals surface area contributed by atoms with Crippen LogP contribution in [0.1, 0.15) is 13.8 Å². The van der Waals surface area contributed by atoms with Gasteiger partial charge in [0.25, 0.3) is 5.56 Å². The molecule has 70 valence electrons. The van der Waals surface area contributed by atoms with Crippen LogP contribution < -0.4 is 11.2 Å². The van der Waals surface area contributed by atoms with Crippen molar-refractivity contribution >= 4 is 6.21 Å². The minimum atomic E-state index is -0.524. The Kier molecular flexibility index (Phi) is 2.79. The third-order valence-corrected chi connectivity index (χ3v) is 1.29. The predicted octanol–water partition coefficient (Wildman–Crippen LogP) is 0.0265. The van der Waals surface area contributed by atoms with Crippen LogP contribution in [-0.4, -0.2) is 15.9 Å². The van der Waals surface area contributed by atoms with Gasteiger partial charge in [-0.05, 0) is 5.92 Å². The molecule has 0 aromatic carbocycles. The van der Waals surface area contributed by atoms with Crippen molar-refractivity contribution in [2.45, 2.75) is 13.8 Å². The van der Waals surface area contributed by atoms with E-state index in [9.17, 15) is 9.59 Å². The lowest BCUT2D eigenvalue weighted by atomic mass is 10.3. The highest BCUT2D eigenvalue weighted by Crippen LogP contribution is 1.84. The van der Waals surface area contributed by atoms with Gasteiger partial charge in [-0.1, -0.05) is 13.8 Å². The molecular weight excluding hydrogens is 170 g/mol. The molecular formula is C8H11N3O2. The summed E-state index contributed by atoms with van der Waals surface area (Å²) in [5, 5.41) is 3.86. The van der Waals surface area contributed by atoms with Gasteiger partial charge in [-0.3, -0.25) is 9.78 Å². The van der Waals surface area contributed by atoms with Crippen LogP contribution in [0.3, 0.4) is 0 Å². The lowest BCUT2D eigenvalue weighted by Crippen LogP contribution is -2.26. The van der Waals surface area contributed by atoms with Gasteiger partial charge >= 0.3 is 5.69 Å². The van der Waals surface area contributed by atoms with Gasteiger partial charge in [0.2, 0.25) is 0 Å². The van der Waals surface area contributed by atoms with Crippen LogP contribution in [0.2, 0.25) is 0 Å². The fourth-order valence-electron chi connectivity index (χ4n) is 0.706. The molecule has 0 unspecified atom stereocenters. The Morgan fingerprint density at radius 3 is 2.77 bits per heavy atom. The highest BCUT2D eigenvalue weighted by Gasteiger charge is 1.92. The highest BCUT2D eigenvalue weighted by molar-refractivity contribution is 5.59. The molecule has 1 aromatic rings. The van der Waals surface area contributed by atoms with Crippen molar-refractivity contribution in [1.29, 1.82) is 0 Å². The maximum absolute atomic E-state index is 11.0. The molecule has 5 nitrogen and oxygen atoms in total. The van der Waals surface area contributed by atoms with Gasteiger partial charge in [0.15, 0.2) is 0 Å². The van der Waals surface area contributed by atoms with Crippen molar-refractivity contribution in [3.63, 3.8) is 0 Å². The van der Waals surface area contributed by atoms with Crippen molar-refractivity contribution in [1.82, 2.24) is 9.66 Å². The minimum Gasteiger partial charge on any atom is -0.272 e. The van der Waals surface area contributed by atoms with Gasteiger partial charge < -0.3 is 0 Å². The summed E-state index contributed by atoms with van der Waals surface area (Å²) in [6.07, 6.45) is 2.96. The molecule has 5 heteroatoms. The van der Waals surface area contributed by atoms with Crippen LogP contribution in [-0.2, 0) is 0 Å². The Morgan fingerprint density at radius 2 is 2.23 bits per heavy atom. The molecule has 13 heavy (non-hydrogen) atoms. The summed E-state index contributed by atoms with van der Waals surface area (Å²) in [6, 6.07) is 1.25. The Hall–Kier alpha value is -1.65. The molecule has 1 rings (SSSR count). The van der Waals surface area contributed by atoms with E-state index in [1.165, 1.54) is 12.3 Å². The lowest BCUT2D eigenvalue weighted by Gasteiger charge is -1.96. The van der Waals surface area contributed by atoms with Crippen molar-refractivity contribution in [2.75, 3.05) is 0 Å². The fraction of sp³-hybridized carbons (Fsp3) is 0.375. The van der Waals surface area contributed by atoms with E-state index in [2.05, 4.69) is 10.1 Å². The molecule has 0 bridgehead atoms. The van der Waals surface area contributed by atoms with Crippen molar-refractivity contribution in [3.8, 4) is 0 Å². The van der Waals surface area contributed by atoms with Gasteiger partial charge in [-0.15, -0.1) is 0 Å².